The molecule has 0 bridgehead atoms. The summed E-state index contributed by atoms with van der Waals surface area (Å²) in [7, 11) is 0. The molecule has 2 N–H and O–H groups in total. The second-order valence-corrected chi connectivity index (χ2v) is 6.70. The van der Waals surface area contributed by atoms with Crippen molar-refractivity contribution in [3.8, 4) is 0 Å². The molecular formula is C23H22FN3O2. The molecule has 0 fully saturated rings. The van der Waals surface area contributed by atoms with Crippen LogP contribution in [0.25, 0.3) is 0 Å². The minimum atomic E-state index is -0.355. The summed E-state index contributed by atoms with van der Waals surface area (Å²) < 4.78 is 13.6. The lowest BCUT2D eigenvalue weighted by molar-refractivity contribution is 0.0946. The first-order valence-corrected chi connectivity index (χ1v) is 9.34. The Morgan fingerprint density at radius 3 is 2.48 bits per heavy atom. The van der Waals surface area contributed by atoms with Crippen LogP contribution in [0.4, 0.5) is 4.39 Å². The van der Waals surface area contributed by atoms with E-state index in [1.165, 1.54) is 24.4 Å². The van der Waals surface area contributed by atoms with E-state index in [4.69, 9.17) is 0 Å². The molecule has 0 aliphatic rings. The van der Waals surface area contributed by atoms with Gasteiger partial charge in [0.25, 0.3) is 11.8 Å². The number of hydrogen-bond acceptors (Lipinski definition) is 3. The molecule has 0 aliphatic heterocycles. The lowest BCUT2D eigenvalue weighted by Gasteiger charge is -2.08. The van der Waals surface area contributed by atoms with E-state index in [9.17, 15) is 14.0 Å². The second kappa shape index (κ2) is 9.59. The number of nitrogens with one attached hydrogen (secondary N) is 2. The van der Waals surface area contributed by atoms with Gasteiger partial charge in [0.15, 0.2) is 0 Å². The third kappa shape index (κ3) is 5.72. The number of carbonyl (C=O) groups is 2. The third-order valence-corrected chi connectivity index (χ3v) is 4.47. The molecule has 6 heteroatoms. The Balaban J connectivity index is 1.55. The standard InChI is InChI=1S/C23H22FN3O2/c1-16-6-8-17(9-7-16)15-27-23(29)21-14-19(11-12-25-21)22(28)26-13-10-18-4-2-3-5-20(18)24/h2-9,11-12,14H,10,13,15H2,1H3,(H,26,28)(H,27,29). The highest BCUT2D eigenvalue weighted by atomic mass is 19.1. The fraction of sp³-hybridized carbons (Fsp3) is 0.174. The highest BCUT2D eigenvalue weighted by Gasteiger charge is 2.12. The molecule has 29 heavy (non-hydrogen) atoms. The van der Waals surface area contributed by atoms with E-state index in [0.717, 1.165) is 11.1 Å². The van der Waals surface area contributed by atoms with Gasteiger partial charge in [-0.3, -0.25) is 14.6 Å². The molecule has 3 aromatic rings. The van der Waals surface area contributed by atoms with Crippen LogP contribution in [0.5, 0.6) is 0 Å². The second-order valence-electron chi connectivity index (χ2n) is 6.70. The van der Waals surface area contributed by atoms with Gasteiger partial charge in [-0.05, 0) is 42.7 Å². The Kier molecular flexibility index (Phi) is 6.68. The number of aryl methyl sites for hydroxylation is 1. The van der Waals surface area contributed by atoms with Gasteiger partial charge in [-0.15, -0.1) is 0 Å². The van der Waals surface area contributed by atoms with Crippen LogP contribution < -0.4 is 10.6 Å². The lowest BCUT2D eigenvalue weighted by Crippen LogP contribution is -2.27. The quantitative estimate of drug-likeness (QED) is 0.648. The molecule has 1 aromatic heterocycles. The molecule has 0 spiro atoms. The van der Waals surface area contributed by atoms with E-state index in [2.05, 4.69) is 15.6 Å². The van der Waals surface area contributed by atoms with Crippen LogP contribution in [0.3, 0.4) is 0 Å². The van der Waals surface area contributed by atoms with Gasteiger partial charge in [-0.25, -0.2) is 4.39 Å². The van der Waals surface area contributed by atoms with E-state index in [1.807, 2.05) is 31.2 Å². The Hall–Kier alpha value is -3.54. The molecule has 0 atom stereocenters. The number of carbonyl (C=O) groups excluding carboxylic acids is 2. The maximum atomic E-state index is 13.6. The Bertz CT molecular complexity index is 1000. The van der Waals surface area contributed by atoms with Crippen molar-refractivity contribution in [3.05, 3.63) is 101 Å². The molecule has 0 aliphatic carbocycles. The summed E-state index contributed by atoms with van der Waals surface area (Å²) in [5.41, 5.74) is 3.16. The van der Waals surface area contributed by atoms with Crippen molar-refractivity contribution >= 4 is 11.8 Å². The highest BCUT2D eigenvalue weighted by molar-refractivity contribution is 5.98. The first-order chi connectivity index (χ1) is 14.0. The van der Waals surface area contributed by atoms with Gasteiger partial charge in [0.05, 0.1) is 0 Å². The van der Waals surface area contributed by atoms with Crippen LogP contribution in [0.15, 0.2) is 66.9 Å². The molecule has 3 rings (SSSR count). The van der Waals surface area contributed by atoms with E-state index >= 15 is 0 Å². The van der Waals surface area contributed by atoms with Crippen LogP contribution in [0.1, 0.15) is 37.5 Å². The van der Waals surface area contributed by atoms with Crippen LogP contribution >= 0.6 is 0 Å². The van der Waals surface area contributed by atoms with Crippen LogP contribution in [0, 0.1) is 12.7 Å². The molecule has 0 unspecified atom stereocenters. The first-order valence-electron chi connectivity index (χ1n) is 9.34. The zero-order valence-electron chi connectivity index (χ0n) is 16.1. The van der Waals surface area contributed by atoms with Crippen LogP contribution in [-0.4, -0.2) is 23.3 Å². The smallest absolute Gasteiger partial charge is 0.270 e. The van der Waals surface area contributed by atoms with Gasteiger partial charge in [0, 0.05) is 24.8 Å². The number of rotatable bonds is 7. The van der Waals surface area contributed by atoms with Gasteiger partial charge < -0.3 is 10.6 Å². The number of hydrogen-bond donors (Lipinski definition) is 2. The minimum absolute atomic E-state index is 0.166. The van der Waals surface area contributed by atoms with Crippen molar-refractivity contribution in [2.24, 2.45) is 0 Å². The zero-order chi connectivity index (χ0) is 20.6. The molecule has 2 amide bonds. The summed E-state index contributed by atoms with van der Waals surface area (Å²) in [5, 5.41) is 5.54. The number of benzene rings is 2. The predicted molar refractivity (Wildman–Crippen MR) is 109 cm³/mol. The number of aromatic nitrogens is 1. The summed E-state index contributed by atoms with van der Waals surface area (Å²) in [6.07, 6.45) is 1.81. The number of amides is 2. The summed E-state index contributed by atoms with van der Waals surface area (Å²) in [4.78, 5) is 28.7. The van der Waals surface area contributed by atoms with Gasteiger partial charge in [-0.1, -0.05) is 48.0 Å². The zero-order valence-corrected chi connectivity index (χ0v) is 16.1. The number of pyridine rings is 1. The molecule has 5 nitrogen and oxygen atoms in total. The topological polar surface area (TPSA) is 71.1 Å². The normalized spacial score (nSPS) is 10.4. The van der Waals surface area contributed by atoms with E-state index in [0.29, 0.717) is 24.1 Å². The molecular weight excluding hydrogens is 369 g/mol. The summed E-state index contributed by atoms with van der Waals surface area (Å²) in [6, 6.07) is 17.3. The van der Waals surface area contributed by atoms with Crippen molar-refractivity contribution in [1.29, 1.82) is 0 Å². The fourth-order valence-electron chi connectivity index (χ4n) is 2.79. The van der Waals surface area contributed by atoms with Crippen LogP contribution in [0.2, 0.25) is 0 Å². The number of nitrogens with zero attached hydrogens (tertiary/aromatic N) is 1. The maximum Gasteiger partial charge on any atom is 0.270 e. The first kappa shape index (κ1) is 20.2. The number of halogens is 1. The highest BCUT2D eigenvalue weighted by Crippen LogP contribution is 2.07. The van der Waals surface area contributed by atoms with Crippen LogP contribution in [-0.2, 0) is 13.0 Å². The summed E-state index contributed by atoms with van der Waals surface area (Å²) in [5.74, 6) is -0.985. The van der Waals surface area contributed by atoms with Gasteiger partial charge >= 0.3 is 0 Å². The van der Waals surface area contributed by atoms with E-state index < -0.39 is 0 Å². The van der Waals surface area contributed by atoms with Crippen molar-refractivity contribution in [2.75, 3.05) is 6.54 Å². The van der Waals surface area contributed by atoms with E-state index in [-0.39, 0.29) is 29.9 Å². The van der Waals surface area contributed by atoms with Gasteiger partial charge in [-0.2, -0.15) is 0 Å². The largest absolute Gasteiger partial charge is 0.352 e. The lowest BCUT2D eigenvalue weighted by atomic mass is 10.1. The van der Waals surface area contributed by atoms with Gasteiger partial charge in [0.1, 0.15) is 11.5 Å². The van der Waals surface area contributed by atoms with Crippen molar-refractivity contribution in [1.82, 2.24) is 15.6 Å². The molecule has 0 radical (unpaired) electrons. The van der Waals surface area contributed by atoms with Crippen molar-refractivity contribution < 1.29 is 14.0 Å². The molecule has 2 aromatic carbocycles. The summed E-state index contributed by atoms with van der Waals surface area (Å²) in [6.45, 7) is 2.66. The molecule has 148 valence electrons. The third-order valence-electron chi connectivity index (χ3n) is 4.47. The monoisotopic (exact) mass is 391 g/mol. The Morgan fingerprint density at radius 2 is 1.72 bits per heavy atom. The SMILES string of the molecule is Cc1ccc(CNC(=O)c2cc(C(=O)NCCc3ccccc3F)ccn2)cc1. The van der Waals surface area contributed by atoms with Crippen molar-refractivity contribution in [3.63, 3.8) is 0 Å². The fourth-order valence-corrected chi connectivity index (χ4v) is 2.79. The summed E-state index contributed by atoms with van der Waals surface area (Å²) >= 11 is 0. The van der Waals surface area contributed by atoms with E-state index in [1.54, 1.807) is 18.2 Å². The maximum absolute atomic E-state index is 13.6. The average molecular weight is 391 g/mol. The molecule has 1 heterocycles. The molecule has 0 saturated carbocycles. The van der Waals surface area contributed by atoms with Gasteiger partial charge in [0.2, 0.25) is 0 Å². The van der Waals surface area contributed by atoms with Crippen molar-refractivity contribution in [2.45, 2.75) is 19.9 Å². The Labute approximate surface area is 169 Å². The average Bonchev–Trinajstić information content (AvgIpc) is 2.74. The predicted octanol–water partition coefficient (Wildman–Crippen LogP) is 3.43. The Morgan fingerprint density at radius 1 is 0.966 bits per heavy atom. The minimum Gasteiger partial charge on any atom is -0.352 e. The molecule has 0 saturated heterocycles.